The summed E-state index contributed by atoms with van der Waals surface area (Å²) in [6.07, 6.45) is 9.79. The molecule has 2 heterocycles. The van der Waals surface area contributed by atoms with E-state index < -0.39 is 0 Å². The Morgan fingerprint density at radius 3 is 2.72 bits per heavy atom. The molecule has 3 aromatic rings. The lowest BCUT2D eigenvalue weighted by molar-refractivity contribution is 0.0965. The number of phenolic OH excluding ortho intramolecular Hbond substituents is 1. The molecule has 4 nitrogen and oxygen atoms in total. The topological polar surface area (TPSA) is 52.2 Å². The van der Waals surface area contributed by atoms with Gasteiger partial charge in [0.1, 0.15) is 11.6 Å². The number of nitrogens with zero attached hydrogens (tertiary/aromatic N) is 2. The second-order valence-corrected chi connectivity index (χ2v) is 8.49. The van der Waals surface area contributed by atoms with Crippen molar-refractivity contribution >= 4 is 11.0 Å². The molecule has 1 saturated heterocycles. The average Bonchev–Trinajstić information content (AvgIpc) is 3.17. The first-order valence-corrected chi connectivity index (χ1v) is 11.2. The van der Waals surface area contributed by atoms with Gasteiger partial charge in [-0.2, -0.15) is 0 Å². The zero-order valence-corrected chi connectivity index (χ0v) is 17.5. The van der Waals surface area contributed by atoms with Gasteiger partial charge in [0.2, 0.25) is 0 Å². The summed E-state index contributed by atoms with van der Waals surface area (Å²) in [5.41, 5.74) is 3.56. The van der Waals surface area contributed by atoms with E-state index >= 15 is 0 Å². The number of phenols is 1. The van der Waals surface area contributed by atoms with Gasteiger partial charge in [-0.15, -0.1) is 0 Å². The van der Waals surface area contributed by atoms with Crippen molar-refractivity contribution in [1.82, 2.24) is 14.9 Å². The minimum atomic E-state index is 0.355. The van der Waals surface area contributed by atoms with Crippen LogP contribution in [0.4, 0.5) is 0 Å². The first-order chi connectivity index (χ1) is 14.2. The van der Waals surface area contributed by atoms with Gasteiger partial charge in [0.15, 0.2) is 0 Å². The van der Waals surface area contributed by atoms with Crippen molar-refractivity contribution in [2.45, 2.75) is 70.4 Å². The second kappa shape index (κ2) is 9.45. The lowest BCUT2D eigenvalue weighted by Gasteiger charge is -2.40. The van der Waals surface area contributed by atoms with Gasteiger partial charge in [-0.3, -0.25) is 4.90 Å². The van der Waals surface area contributed by atoms with Gasteiger partial charge in [0, 0.05) is 18.5 Å². The highest BCUT2D eigenvalue weighted by atomic mass is 16.3. The number of fused-ring (bicyclic) bond motifs is 1. The van der Waals surface area contributed by atoms with Gasteiger partial charge < -0.3 is 10.1 Å². The number of nitrogens with one attached hydrogen (secondary N) is 1. The van der Waals surface area contributed by atoms with Gasteiger partial charge >= 0.3 is 0 Å². The molecule has 1 aliphatic heterocycles. The number of hydrogen-bond acceptors (Lipinski definition) is 3. The molecule has 4 heteroatoms. The molecule has 0 amide bonds. The van der Waals surface area contributed by atoms with Crippen molar-refractivity contribution < 1.29 is 5.11 Å². The van der Waals surface area contributed by atoms with Crippen LogP contribution in [0.1, 0.15) is 69.3 Å². The van der Waals surface area contributed by atoms with Gasteiger partial charge in [0.25, 0.3) is 0 Å². The number of aromatic nitrogens is 2. The molecule has 0 radical (unpaired) electrons. The smallest absolute Gasteiger partial charge is 0.115 e. The second-order valence-electron chi connectivity index (χ2n) is 8.49. The number of rotatable bonds is 8. The maximum atomic E-state index is 9.60. The molecule has 0 spiro atoms. The highest BCUT2D eigenvalue weighted by molar-refractivity contribution is 5.74. The quantitative estimate of drug-likeness (QED) is 0.464. The van der Waals surface area contributed by atoms with E-state index in [0.29, 0.717) is 17.8 Å². The van der Waals surface area contributed by atoms with E-state index in [0.717, 1.165) is 23.3 Å². The fourth-order valence-corrected chi connectivity index (χ4v) is 4.73. The Kier molecular flexibility index (Phi) is 6.50. The summed E-state index contributed by atoms with van der Waals surface area (Å²) >= 11 is 0. The molecule has 2 N–H and O–H groups in total. The highest BCUT2D eigenvalue weighted by Gasteiger charge is 2.27. The van der Waals surface area contributed by atoms with Crippen LogP contribution in [0.2, 0.25) is 0 Å². The molecule has 0 saturated carbocycles. The monoisotopic (exact) mass is 391 g/mol. The zero-order valence-electron chi connectivity index (χ0n) is 17.5. The van der Waals surface area contributed by atoms with Crippen molar-refractivity contribution in [2.75, 3.05) is 6.54 Å². The first kappa shape index (κ1) is 20.0. The number of likely N-dealkylation sites (tertiary alicyclic amines) is 1. The number of imidazole rings is 1. The SMILES string of the molecule is CC(CCCCCc1nc2ccccc2[nH]1)N1CCCCC1c1ccc(O)cc1. The Hall–Kier alpha value is -2.33. The summed E-state index contributed by atoms with van der Waals surface area (Å²) < 4.78 is 0. The Balaban J connectivity index is 1.24. The van der Waals surface area contributed by atoms with Gasteiger partial charge in [-0.1, -0.05) is 43.5 Å². The fourth-order valence-electron chi connectivity index (χ4n) is 4.73. The van der Waals surface area contributed by atoms with E-state index in [2.05, 4.69) is 52.1 Å². The maximum Gasteiger partial charge on any atom is 0.115 e. The lowest BCUT2D eigenvalue weighted by Crippen LogP contribution is -2.40. The Bertz CT molecular complexity index is 869. The van der Waals surface area contributed by atoms with Crippen LogP contribution >= 0.6 is 0 Å². The number of H-pyrrole nitrogens is 1. The number of unbranched alkanes of at least 4 members (excludes halogenated alkanes) is 2. The van der Waals surface area contributed by atoms with Gasteiger partial charge in [-0.25, -0.2) is 4.98 Å². The van der Waals surface area contributed by atoms with Crippen molar-refractivity contribution in [3.63, 3.8) is 0 Å². The van der Waals surface area contributed by atoms with Crippen molar-refractivity contribution in [3.05, 3.63) is 59.9 Å². The summed E-state index contributed by atoms with van der Waals surface area (Å²) in [6, 6.07) is 17.2. The number of para-hydroxylation sites is 2. The molecule has 1 aliphatic rings. The lowest BCUT2D eigenvalue weighted by atomic mass is 9.92. The molecular formula is C25H33N3O. The molecular weight excluding hydrogens is 358 g/mol. The van der Waals surface area contributed by atoms with Crippen LogP contribution in [0.25, 0.3) is 11.0 Å². The molecule has 2 unspecified atom stereocenters. The number of benzene rings is 2. The average molecular weight is 392 g/mol. The van der Waals surface area contributed by atoms with E-state index in [1.54, 1.807) is 0 Å². The van der Waals surface area contributed by atoms with Crippen molar-refractivity contribution in [1.29, 1.82) is 0 Å². The third kappa shape index (κ3) is 4.99. The zero-order chi connectivity index (χ0) is 20.1. The number of piperidine rings is 1. The van der Waals surface area contributed by atoms with Crippen molar-refractivity contribution in [3.8, 4) is 5.75 Å². The number of aryl methyl sites for hydroxylation is 1. The molecule has 0 aliphatic carbocycles. The summed E-state index contributed by atoms with van der Waals surface area (Å²) in [5.74, 6) is 1.47. The van der Waals surface area contributed by atoms with Crippen LogP contribution in [0.5, 0.6) is 5.75 Å². The molecule has 154 valence electrons. The largest absolute Gasteiger partial charge is 0.508 e. The number of aromatic hydroxyl groups is 1. The highest BCUT2D eigenvalue weighted by Crippen LogP contribution is 2.34. The molecule has 4 rings (SSSR count). The summed E-state index contributed by atoms with van der Waals surface area (Å²) in [6.45, 7) is 3.57. The van der Waals surface area contributed by atoms with Gasteiger partial charge in [-0.05, 0) is 69.0 Å². The fraction of sp³-hybridized carbons (Fsp3) is 0.480. The van der Waals surface area contributed by atoms with E-state index in [-0.39, 0.29) is 0 Å². The van der Waals surface area contributed by atoms with Crippen molar-refractivity contribution in [2.24, 2.45) is 0 Å². The molecule has 29 heavy (non-hydrogen) atoms. The molecule has 0 bridgehead atoms. The summed E-state index contributed by atoms with van der Waals surface area (Å²) in [5, 5.41) is 9.60. The minimum Gasteiger partial charge on any atom is -0.508 e. The van der Waals surface area contributed by atoms with Crippen LogP contribution in [0, 0.1) is 0 Å². The van der Waals surface area contributed by atoms with Gasteiger partial charge in [0.05, 0.1) is 11.0 Å². The normalized spacial score (nSPS) is 18.9. The Labute approximate surface area is 174 Å². The van der Waals surface area contributed by atoms with E-state index in [1.165, 1.54) is 57.1 Å². The first-order valence-electron chi connectivity index (χ1n) is 11.2. The van der Waals surface area contributed by atoms with Crippen LogP contribution in [-0.4, -0.2) is 32.6 Å². The van der Waals surface area contributed by atoms with Crippen LogP contribution in [-0.2, 0) is 6.42 Å². The predicted molar refractivity (Wildman–Crippen MR) is 119 cm³/mol. The standard InChI is InChI=1S/C25H33N3O/c1-19(28-18-8-7-12-24(28)20-14-16-21(29)17-15-20)9-3-2-4-13-25-26-22-10-5-6-11-23(22)27-25/h5-6,10-11,14-17,19,24,29H,2-4,7-9,12-13,18H2,1H3,(H,26,27). The predicted octanol–water partition coefficient (Wildman–Crippen LogP) is 5.99. The molecule has 1 fully saturated rings. The molecule has 2 atom stereocenters. The van der Waals surface area contributed by atoms with E-state index in [1.807, 2.05) is 18.2 Å². The number of aromatic amines is 1. The minimum absolute atomic E-state index is 0.355. The third-order valence-electron chi connectivity index (χ3n) is 6.36. The summed E-state index contributed by atoms with van der Waals surface area (Å²) in [7, 11) is 0. The Morgan fingerprint density at radius 2 is 1.90 bits per heavy atom. The van der Waals surface area contributed by atoms with Crippen LogP contribution in [0.3, 0.4) is 0 Å². The van der Waals surface area contributed by atoms with E-state index in [9.17, 15) is 5.11 Å². The summed E-state index contributed by atoms with van der Waals surface area (Å²) in [4.78, 5) is 10.8. The van der Waals surface area contributed by atoms with Crippen LogP contribution in [0.15, 0.2) is 48.5 Å². The molecule has 1 aromatic heterocycles. The van der Waals surface area contributed by atoms with E-state index in [4.69, 9.17) is 0 Å². The maximum absolute atomic E-state index is 9.60. The molecule has 2 aromatic carbocycles. The van der Waals surface area contributed by atoms with Crippen LogP contribution < -0.4 is 0 Å². The Morgan fingerprint density at radius 1 is 1.07 bits per heavy atom. The number of hydrogen-bond donors (Lipinski definition) is 2. The third-order valence-corrected chi connectivity index (χ3v) is 6.36.